The number of cyclic esters (lactones) is 1. The lowest BCUT2D eigenvalue weighted by atomic mass is 9.85. The molecule has 1 saturated heterocycles. The lowest BCUT2D eigenvalue weighted by molar-refractivity contribution is -0.151. The Morgan fingerprint density at radius 2 is 1.95 bits per heavy atom. The third-order valence-electron chi connectivity index (χ3n) is 3.43. The number of rotatable bonds is 4. The Morgan fingerprint density at radius 1 is 1.26 bits per heavy atom. The molecule has 4 nitrogen and oxygen atoms in total. The lowest BCUT2D eigenvalue weighted by Crippen LogP contribution is -2.27. The summed E-state index contributed by atoms with van der Waals surface area (Å²) in [5.74, 6) is -1.62. The van der Waals surface area contributed by atoms with Crippen LogP contribution in [0.15, 0.2) is 30.3 Å². The van der Waals surface area contributed by atoms with Crippen LogP contribution in [0.3, 0.4) is 0 Å². The Labute approximate surface area is 112 Å². The van der Waals surface area contributed by atoms with Crippen LogP contribution in [0.25, 0.3) is 0 Å². The van der Waals surface area contributed by atoms with Crippen molar-refractivity contribution >= 4 is 11.9 Å². The molecule has 0 aliphatic carbocycles. The second-order valence-corrected chi connectivity index (χ2v) is 4.56. The maximum atomic E-state index is 12.1. The van der Waals surface area contributed by atoms with Crippen LogP contribution in [-0.4, -0.2) is 18.5 Å². The first-order valence-electron chi connectivity index (χ1n) is 6.61. The van der Waals surface area contributed by atoms with Gasteiger partial charge in [-0.2, -0.15) is 0 Å². The quantitative estimate of drug-likeness (QED) is 0.782. The molecular formula is C15H18O4. The molecule has 1 aliphatic heterocycles. The van der Waals surface area contributed by atoms with Gasteiger partial charge in [-0.05, 0) is 18.9 Å². The molecule has 102 valence electrons. The van der Waals surface area contributed by atoms with Crippen LogP contribution < -0.4 is 0 Å². The zero-order valence-electron chi connectivity index (χ0n) is 11.2. The number of benzene rings is 1. The highest BCUT2D eigenvalue weighted by molar-refractivity contribution is 5.86. The van der Waals surface area contributed by atoms with Gasteiger partial charge in [0.1, 0.15) is 12.0 Å². The molecule has 19 heavy (non-hydrogen) atoms. The Kier molecular flexibility index (Phi) is 4.20. The van der Waals surface area contributed by atoms with Gasteiger partial charge in [0.2, 0.25) is 0 Å². The average molecular weight is 262 g/mol. The fraction of sp³-hybridized carbons (Fsp3) is 0.467. The second kappa shape index (κ2) is 5.87. The van der Waals surface area contributed by atoms with E-state index >= 15 is 0 Å². The maximum absolute atomic E-state index is 12.1. The number of esters is 2. The monoisotopic (exact) mass is 262 g/mol. The van der Waals surface area contributed by atoms with Crippen LogP contribution in [-0.2, 0) is 19.1 Å². The molecule has 2 rings (SSSR count). The summed E-state index contributed by atoms with van der Waals surface area (Å²) in [6, 6.07) is 9.34. The molecule has 0 unspecified atom stereocenters. The molecule has 0 aromatic heterocycles. The molecule has 0 N–H and O–H groups in total. The van der Waals surface area contributed by atoms with Gasteiger partial charge in [-0.15, -0.1) is 0 Å². The van der Waals surface area contributed by atoms with Crippen molar-refractivity contribution in [1.29, 1.82) is 0 Å². The van der Waals surface area contributed by atoms with Crippen molar-refractivity contribution in [3.63, 3.8) is 0 Å². The molecule has 0 radical (unpaired) electrons. The molecule has 1 fully saturated rings. The molecule has 0 spiro atoms. The van der Waals surface area contributed by atoms with E-state index in [0.717, 1.165) is 5.56 Å². The van der Waals surface area contributed by atoms with Gasteiger partial charge in [0.25, 0.3) is 0 Å². The van der Waals surface area contributed by atoms with E-state index in [1.807, 2.05) is 37.3 Å². The molecule has 1 aliphatic rings. The zero-order valence-corrected chi connectivity index (χ0v) is 11.2. The Balaban J connectivity index is 2.31. The van der Waals surface area contributed by atoms with E-state index in [1.54, 1.807) is 6.92 Å². The SMILES string of the molecule is CCOC(=O)[C@@H]1[C@H](CC)C(=O)O[C@H]1c1ccccc1. The molecule has 1 heterocycles. The van der Waals surface area contributed by atoms with E-state index in [1.165, 1.54) is 0 Å². The average Bonchev–Trinajstić information content (AvgIpc) is 2.77. The fourth-order valence-corrected chi connectivity index (χ4v) is 2.51. The number of carbonyl (C=O) groups is 2. The summed E-state index contributed by atoms with van der Waals surface area (Å²) in [5, 5.41) is 0. The van der Waals surface area contributed by atoms with Gasteiger partial charge in [-0.3, -0.25) is 9.59 Å². The van der Waals surface area contributed by atoms with Gasteiger partial charge in [-0.25, -0.2) is 0 Å². The van der Waals surface area contributed by atoms with Crippen molar-refractivity contribution in [2.24, 2.45) is 11.8 Å². The zero-order chi connectivity index (χ0) is 13.8. The summed E-state index contributed by atoms with van der Waals surface area (Å²) in [7, 11) is 0. The van der Waals surface area contributed by atoms with Crippen molar-refractivity contribution in [3.05, 3.63) is 35.9 Å². The van der Waals surface area contributed by atoms with E-state index in [0.29, 0.717) is 13.0 Å². The number of ether oxygens (including phenoxy) is 2. The van der Waals surface area contributed by atoms with Gasteiger partial charge < -0.3 is 9.47 Å². The fourth-order valence-electron chi connectivity index (χ4n) is 2.51. The molecule has 1 aromatic carbocycles. The minimum atomic E-state index is -0.542. The predicted octanol–water partition coefficient (Wildman–Crippen LogP) is 2.49. The maximum Gasteiger partial charge on any atom is 0.313 e. The van der Waals surface area contributed by atoms with Gasteiger partial charge in [0.15, 0.2) is 0 Å². The number of hydrogen-bond donors (Lipinski definition) is 0. The molecule has 1 aromatic rings. The van der Waals surface area contributed by atoms with Crippen molar-refractivity contribution in [2.75, 3.05) is 6.61 Å². The van der Waals surface area contributed by atoms with E-state index in [2.05, 4.69) is 0 Å². The standard InChI is InChI=1S/C15H18O4/c1-3-11-12(15(17)18-4-2)13(19-14(11)16)10-8-6-5-7-9-10/h5-9,11-13H,3-4H2,1-2H3/t11-,12+,13-/m0/s1. The van der Waals surface area contributed by atoms with Crippen molar-refractivity contribution in [1.82, 2.24) is 0 Å². The van der Waals surface area contributed by atoms with Crippen LogP contribution in [0.2, 0.25) is 0 Å². The highest BCUT2D eigenvalue weighted by Gasteiger charge is 2.49. The van der Waals surface area contributed by atoms with Gasteiger partial charge >= 0.3 is 11.9 Å². The summed E-state index contributed by atoms with van der Waals surface area (Å²) in [5.41, 5.74) is 0.838. The third-order valence-corrected chi connectivity index (χ3v) is 3.43. The number of hydrogen-bond acceptors (Lipinski definition) is 4. The van der Waals surface area contributed by atoms with Crippen LogP contribution in [0, 0.1) is 11.8 Å². The number of carbonyl (C=O) groups excluding carboxylic acids is 2. The van der Waals surface area contributed by atoms with Crippen LogP contribution in [0.1, 0.15) is 31.9 Å². The highest BCUT2D eigenvalue weighted by atomic mass is 16.6. The van der Waals surface area contributed by atoms with Gasteiger partial charge in [-0.1, -0.05) is 37.3 Å². The van der Waals surface area contributed by atoms with E-state index < -0.39 is 17.9 Å². The largest absolute Gasteiger partial charge is 0.466 e. The topological polar surface area (TPSA) is 52.6 Å². The molecule has 0 saturated carbocycles. The summed E-state index contributed by atoms with van der Waals surface area (Å²) < 4.78 is 10.5. The summed E-state index contributed by atoms with van der Waals surface area (Å²) >= 11 is 0. The summed E-state index contributed by atoms with van der Waals surface area (Å²) in [6.07, 6.45) is 0.0451. The molecule has 4 heteroatoms. The first kappa shape index (κ1) is 13.6. The minimum Gasteiger partial charge on any atom is -0.466 e. The van der Waals surface area contributed by atoms with Crippen LogP contribution in [0.4, 0.5) is 0 Å². The van der Waals surface area contributed by atoms with Crippen LogP contribution in [0.5, 0.6) is 0 Å². The lowest BCUT2D eigenvalue weighted by Gasteiger charge is -2.18. The van der Waals surface area contributed by atoms with Gasteiger partial charge in [0.05, 0.1) is 12.5 Å². The first-order chi connectivity index (χ1) is 9.19. The third kappa shape index (κ3) is 2.62. The first-order valence-corrected chi connectivity index (χ1v) is 6.61. The Hall–Kier alpha value is -1.84. The summed E-state index contributed by atoms with van der Waals surface area (Å²) in [4.78, 5) is 24.0. The molecule has 0 bridgehead atoms. The summed E-state index contributed by atoms with van der Waals surface area (Å²) in [6.45, 7) is 3.95. The van der Waals surface area contributed by atoms with Crippen molar-refractivity contribution in [3.8, 4) is 0 Å². The molecule has 3 atom stereocenters. The van der Waals surface area contributed by atoms with Crippen molar-refractivity contribution in [2.45, 2.75) is 26.4 Å². The van der Waals surface area contributed by atoms with Crippen molar-refractivity contribution < 1.29 is 19.1 Å². The predicted molar refractivity (Wildman–Crippen MR) is 69.2 cm³/mol. The van der Waals surface area contributed by atoms with E-state index in [4.69, 9.17) is 9.47 Å². The smallest absolute Gasteiger partial charge is 0.313 e. The van der Waals surface area contributed by atoms with E-state index in [-0.39, 0.29) is 11.9 Å². The minimum absolute atomic E-state index is 0.307. The normalized spacial score (nSPS) is 26.0. The van der Waals surface area contributed by atoms with Gasteiger partial charge in [0, 0.05) is 0 Å². The molecular weight excluding hydrogens is 244 g/mol. The highest BCUT2D eigenvalue weighted by Crippen LogP contribution is 2.41. The van der Waals surface area contributed by atoms with E-state index in [9.17, 15) is 9.59 Å². The Morgan fingerprint density at radius 3 is 2.53 bits per heavy atom. The second-order valence-electron chi connectivity index (χ2n) is 4.56. The van der Waals surface area contributed by atoms with Crippen LogP contribution >= 0.6 is 0 Å². The Bertz CT molecular complexity index is 454. The molecule has 0 amide bonds.